The van der Waals surface area contributed by atoms with E-state index in [1.54, 1.807) is 0 Å². The molecule has 320 valence electrons. The Kier molecular flexibility index (Phi) is 8.40. The van der Waals surface area contributed by atoms with Gasteiger partial charge in [0.25, 0.3) is 0 Å². The average Bonchev–Trinajstić information content (AvgIpc) is 3.38. The highest BCUT2D eigenvalue weighted by atomic mass is 14.7. The molecule has 0 spiro atoms. The van der Waals surface area contributed by atoms with Gasteiger partial charge >= 0.3 is 0 Å². The number of benzene rings is 12. The minimum absolute atomic E-state index is 0.466. The summed E-state index contributed by atoms with van der Waals surface area (Å²) in [6, 6.07) is 72.6. The summed E-state index contributed by atoms with van der Waals surface area (Å²) in [6.07, 6.45) is 0. The summed E-state index contributed by atoms with van der Waals surface area (Å²) in [5, 5.41) is 16.8. The summed E-state index contributed by atoms with van der Waals surface area (Å²) in [4.78, 5) is 11.5. The van der Waals surface area contributed by atoms with Gasteiger partial charge in [0.1, 0.15) is 0 Å². The first-order valence-electron chi connectivity index (χ1n) is 24.1. The molecule has 14 aromatic rings. The van der Waals surface area contributed by atoms with Gasteiger partial charge < -0.3 is 0 Å². The van der Waals surface area contributed by atoms with Crippen molar-refractivity contribution in [2.24, 2.45) is 0 Å². The molecule has 12 aromatic carbocycles. The van der Waals surface area contributed by atoms with Crippen molar-refractivity contribution < 1.29 is 0 Å². The molecule has 0 unspecified atom stereocenters. The fourth-order valence-electron chi connectivity index (χ4n) is 11.5. The number of aromatic nitrogens is 2. The van der Waals surface area contributed by atoms with Crippen LogP contribution in [0.15, 0.2) is 194 Å². The molecule has 14 rings (SSSR count). The molecule has 0 amide bonds. The third-order valence-electron chi connectivity index (χ3n) is 15.0. The van der Waals surface area contributed by atoms with Crippen LogP contribution in [-0.2, 0) is 0 Å². The molecule has 0 saturated carbocycles. The second-order valence-corrected chi connectivity index (χ2v) is 19.6. The highest BCUT2D eigenvalue weighted by Crippen LogP contribution is 2.51. The highest BCUT2D eigenvalue weighted by Gasteiger charge is 2.26. The summed E-state index contributed by atoms with van der Waals surface area (Å²) in [7, 11) is 0. The molecule has 0 saturated heterocycles. The highest BCUT2D eigenvalue weighted by molar-refractivity contribution is 6.41. The molecule has 0 aliphatic carbocycles. The minimum atomic E-state index is 0.466. The van der Waals surface area contributed by atoms with E-state index in [2.05, 4.69) is 222 Å². The summed E-state index contributed by atoms with van der Waals surface area (Å²) in [5.74, 6) is 0.931. The summed E-state index contributed by atoms with van der Waals surface area (Å²) >= 11 is 0. The lowest BCUT2D eigenvalue weighted by Crippen LogP contribution is -1.99. The van der Waals surface area contributed by atoms with Crippen LogP contribution >= 0.6 is 0 Å². The zero-order valence-corrected chi connectivity index (χ0v) is 38.5. The van der Waals surface area contributed by atoms with Crippen molar-refractivity contribution in [3.8, 4) is 44.5 Å². The Hall–Kier alpha value is -8.20. The summed E-state index contributed by atoms with van der Waals surface area (Å²) in [5.41, 5.74) is 16.4. The van der Waals surface area contributed by atoms with Crippen molar-refractivity contribution in [1.29, 1.82) is 0 Å². The van der Waals surface area contributed by atoms with E-state index in [0.29, 0.717) is 11.8 Å². The monoisotopic (exact) mass is 866 g/mol. The van der Waals surface area contributed by atoms with E-state index in [0.717, 1.165) is 32.8 Å². The zero-order valence-electron chi connectivity index (χ0n) is 38.5. The van der Waals surface area contributed by atoms with E-state index in [4.69, 9.17) is 9.97 Å². The molecule has 0 bridgehead atoms. The molecule has 0 N–H and O–H groups in total. The van der Waals surface area contributed by atoms with Crippen molar-refractivity contribution in [2.45, 2.75) is 39.5 Å². The van der Waals surface area contributed by atoms with Crippen LogP contribution in [-0.4, -0.2) is 9.97 Å². The second-order valence-electron chi connectivity index (χ2n) is 19.6. The molecule has 2 nitrogen and oxygen atoms in total. The van der Waals surface area contributed by atoms with Crippen LogP contribution in [0.4, 0.5) is 0 Å². The molecule has 0 aliphatic heterocycles. The molecule has 68 heavy (non-hydrogen) atoms. The van der Waals surface area contributed by atoms with Crippen LogP contribution in [0, 0.1) is 0 Å². The van der Waals surface area contributed by atoms with Crippen LogP contribution in [0.25, 0.3) is 142 Å². The van der Waals surface area contributed by atoms with Crippen LogP contribution in [0.3, 0.4) is 0 Å². The third-order valence-corrected chi connectivity index (χ3v) is 15.0. The first-order valence-corrected chi connectivity index (χ1v) is 24.1. The normalized spacial score (nSPS) is 12.4. The van der Waals surface area contributed by atoms with E-state index >= 15 is 0 Å². The fraction of sp³-hybridized carbons (Fsp3) is 0.0909. The van der Waals surface area contributed by atoms with Gasteiger partial charge in [-0.1, -0.05) is 185 Å². The number of hydrogen-bond donors (Lipinski definition) is 0. The SMILES string of the molecule is CC(C)c1ccc2cc(-c3c4cc(-c5ccccc5)ccc4c4nc5ccc6c(-c7ccc8cc(C(C)C)ccc8c7)c7cc(-c8ccccc8)ccc7c7nc8ccc3c4c8c5c67)ccc2c1. The van der Waals surface area contributed by atoms with Gasteiger partial charge in [-0.05, 0) is 147 Å². The molecule has 0 atom stereocenters. The molecule has 0 radical (unpaired) electrons. The Morgan fingerprint density at radius 2 is 0.662 bits per heavy atom. The van der Waals surface area contributed by atoms with Gasteiger partial charge in [0, 0.05) is 32.3 Å². The number of rotatable bonds is 6. The maximum absolute atomic E-state index is 5.74. The van der Waals surface area contributed by atoms with Crippen molar-refractivity contribution in [2.75, 3.05) is 0 Å². The molecule has 2 heterocycles. The van der Waals surface area contributed by atoms with Gasteiger partial charge in [-0.2, -0.15) is 0 Å². The molecular weight excluding hydrogens is 821 g/mol. The lowest BCUT2D eigenvalue weighted by Gasteiger charge is -2.22. The quantitative estimate of drug-likeness (QED) is 0.123. The predicted molar refractivity (Wildman–Crippen MR) is 292 cm³/mol. The Balaban J connectivity index is 1.11. The Bertz CT molecular complexity index is 4070. The van der Waals surface area contributed by atoms with Crippen molar-refractivity contribution >= 4 is 97.5 Å². The predicted octanol–water partition coefficient (Wildman–Crippen LogP) is 18.6. The van der Waals surface area contributed by atoms with Gasteiger partial charge in [0.05, 0.1) is 22.1 Å². The van der Waals surface area contributed by atoms with Crippen molar-refractivity contribution in [1.82, 2.24) is 9.97 Å². The fourth-order valence-corrected chi connectivity index (χ4v) is 11.5. The smallest absolute Gasteiger partial charge is 0.0801 e. The van der Waals surface area contributed by atoms with Crippen LogP contribution < -0.4 is 0 Å². The number of pyridine rings is 2. The summed E-state index contributed by atoms with van der Waals surface area (Å²) < 4.78 is 0. The number of hydrogen-bond acceptors (Lipinski definition) is 2. The van der Waals surface area contributed by atoms with Gasteiger partial charge in [-0.3, -0.25) is 0 Å². The van der Waals surface area contributed by atoms with E-state index in [9.17, 15) is 0 Å². The zero-order chi connectivity index (χ0) is 45.4. The first kappa shape index (κ1) is 39.0. The Labute approximate surface area is 394 Å². The first-order chi connectivity index (χ1) is 33.3. The molecular formula is C66H46N2. The Morgan fingerprint density at radius 3 is 1.09 bits per heavy atom. The van der Waals surface area contributed by atoms with Crippen LogP contribution in [0.2, 0.25) is 0 Å². The van der Waals surface area contributed by atoms with E-state index in [-0.39, 0.29) is 0 Å². The van der Waals surface area contributed by atoms with Gasteiger partial charge in [-0.15, -0.1) is 0 Å². The molecule has 0 aliphatic rings. The Morgan fingerprint density at radius 1 is 0.279 bits per heavy atom. The van der Waals surface area contributed by atoms with Crippen LogP contribution in [0.1, 0.15) is 50.7 Å². The van der Waals surface area contributed by atoms with Crippen molar-refractivity contribution in [3.05, 3.63) is 205 Å². The lowest BCUT2D eigenvalue weighted by molar-refractivity contribution is 0.869. The van der Waals surface area contributed by atoms with Gasteiger partial charge in [0.15, 0.2) is 0 Å². The van der Waals surface area contributed by atoms with E-state index < -0.39 is 0 Å². The second kappa shape index (κ2) is 14.6. The summed E-state index contributed by atoms with van der Waals surface area (Å²) in [6.45, 7) is 9.07. The molecule has 2 heteroatoms. The molecule has 2 aromatic heterocycles. The van der Waals surface area contributed by atoms with E-state index in [1.165, 1.54) is 120 Å². The maximum Gasteiger partial charge on any atom is 0.0801 e. The minimum Gasteiger partial charge on any atom is -0.247 e. The lowest BCUT2D eigenvalue weighted by atomic mass is 9.83. The number of nitrogens with zero attached hydrogens (tertiary/aromatic N) is 2. The third kappa shape index (κ3) is 5.77. The van der Waals surface area contributed by atoms with Crippen LogP contribution in [0.5, 0.6) is 0 Å². The van der Waals surface area contributed by atoms with Crippen molar-refractivity contribution in [3.63, 3.8) is 0 Å². The van der Waals surface area contributed by atoms with E-state index in [1.807, 2.05) is 0 Å². The standard InChI is InChI=1S/C66H46N2/c1-37(2)41-15-17-45-33-49(21-19-43(45)31-41)59-53-27-29-57-63-61(53)65(51-25-23-47(35-55(51)59)39-11-7-5-8-12-39)67-58-30-28-54-60(50-22-20-44-32-42(38(3)4)16-18-46(44)34-50)56-36-48(40-13-9-6-10-14-40)24-26-52(56)66(68-57)62(54)64(58)63/h5-38H,1-4H3. The molecule has 0 fully saturated rings. The van der Waals surface area contributed by atoms with Gasteiger partial charge in [0.2, 0.25) is 0 Å². The topological polar surface area (TPSA) is 25.8 Å². The van der Waals surface area contributed by atoms with Gasteiger partial charge in [-0.25, -0.2) is 9.97 Å². The number of fused-ring (bicyclic) bond motifs is 6. The maximum atomic E-state index is 5.74. The average molecular weight is 867 g/mol. The largest absolute Gasteiger partial charge is 0.247 e.